The zero-order valence-electron chi connectivity index (χ0n) is 19.5. The number of anilines is 1. The molecule has 1 amide bonds. The van der Waals surface area contributed by atoms with E-state index in [4.69, 9.17) is 9.47 Å². The van der Waals surface area contributed by atoms with Crippen LogP contribution >= 0.6 is 0 Å². The predicted octanol–water partition coefficient (Wildman–Crippen LogP) is 2.77. The Kier molecular flexibility index (Phi) is 8.57. The maximum Gasteiger partial charge on any atom is 0.241 e. The summed E-state index contributed by atoms with van der Waals surface area (Å²) >= 11 is 0. The summed E-state index contributed by atoms with van der Waals surface area (Å²) in [6.07, 6.45) is 4.84. The number of nitrogens with zero attached hydrogens (tertiary/aromatic N) is 2. The van der Waals surface area contributed by atoms with Gasteiger partial charge in [-0.15, -0.1) is 0 Å². The maximum atomic E-state index is 12.7. The molecule has 0 unspecified atom stereocenters. The number of methoxy groups -OCH3 is 2. The molecule has 0 spiro atoms. The lowest BCUT2D eigenvalue weighted by Crippen LogP contribution is -2.40. The van der Waals surface area contributed by atoms with Crippen molar-refractivity contribution in [2.24, 2.45) is 0 Å². The molecule has 0 radical (unpaired) electrons. The number of piperidine rings is 1. The molecule has 8 nitrogen and oxygen atoms in total. The standard InChI is InChI=1S/C24H33N3O5S/c1-31-21-10-11-23(32-2)22(15-21)27(33(3,29)30)18-24(28)25-16-19-8-7-9-20(14-19)17-26-12-5-4-6-13-26/h7-11,14-15H,4-6,12-13,16-18H2,1-3H3,(H,25,28). The number of hydrogen-bond acceptors (Lipinski definition) is 6. The maximum absolute atomic E-state index is 12.7. The molecule has 2 aromatic rings. The minimum atomic E-state index is -3.75. The summed E-state index contributed by atoms with van der Waals surface area (Å²) in [5.41, 5.74) is 2.43. The molecule has 3 rings (SSSR count). The number of rotatable bonds is 10. The quantitative estimate of drug-likeness (QED) is 0.569. The summed E-state index contributed by atoms with van der Waals surface area (Å²) in [6, 6.07) is 13.0. The van der Waals surface area contributed by atoms with Gasteiger partial charge in [-0.25, -0.2) is 8.42 Å². The summed E-state index contributed by atoms with van der Waals surface area (Å²) in [5.74, 6) is 0.386. The normalized spacial score (nSPS) is 14.5. The molecule has 0 atom stereocenters. The molecule has 0 bridgehead atoms. The van der Waals surface area contributed by atoms with E-state index in [1.807, 2.05) is 12.1 Å². The number of ether oxygens (including phenoxy) is 2. The van der Waals surface area contributed by atoms with E-state index >= 15 is 0 Å². The van der Waals surface area contributed by atoms with Crippen LogP contribution in [0.3, 0.4) is 0 Å². The van der Waals surface area contributed by atoms with Crippen LogP contribution in [0.15, 0.2) is 42.5 Å². The first-order valence-electron chi connectivity index (χ1n) is 11.1. The number of sulfonamides is 1. The highest BCUT2D eigenvalue weighted by Crippen LogP contribution is 2.33. The van der Waals surface area contributed by atoms with E-state index in [-0.39, 0.29) is 12.2 Å². The molecule has 2 aromatic carbocycles. The largest absolute Gasteiger partial charge is 0.497 e. The van der Waals surface area contributed by atoms with Crippen molar-refractivity contribution in [2.75, 3.05) is 44.4 Å². The highest BCUT2D eigenvalue weighted by atomic mass is 32.2. The first-order chi connectivity index (χ1) is 15.8. The zero-order chi connectivity index (χ0) is 23.8. The molecule has 0 aromatic heterocycles. The highest BCUT2D eigenvalue weighted by molar-refractivity contribution is 7.92. The van der Waals surface area contributed by atoms with Gasteiger partial charge in [0.15, 0.2) is 0 Å². The number of likely N-dealkylation sites (tertiary alicyclic amines) is 1. The lowest BCUT2D eigenvalue weighted by molar-refractivity contribution is -0.119. The summed E-state index contributed by atoms with van der Waals surface area (Å²) in [4.78, 5) is 15.2. The van der Waals surface area contributed by atoms with Gasteiger partial charge in [-0.1, -0.05) is 30.7 Å². The van der Waals surface area contributed by atoms with Gasteiger partial charge < -0.3 is 14.8 Å². The molecular formula is C24H33N3O5S. The Morgan fingerprint density at radius 1 is 1.03 bits per heavy atom. The predicted molar refractivity (Wildman–Crippen MR) is 129 cm³/mol. The Morgan fingerprint density at radius 3 is 2.42 bits per heavy atom. The fourth-order valence-electron chi connectivity index (χ4n) is 3.97. The van der Waals surface area contributed by atoms with Gasteiger partial charge in [-0.05, 0) is 49.2 Å². The van der Waals surface area contributed by atoms with E-state index in [9.17, 15) is 13.2 Å². The molecule has 180 valence electrons. The van der Waals surface area contributed by atoms with Gasteiger partial charge >= 0.3 is 0 Å². The number of carbonyl (C=O) groups excluding carboxylic acids is 1. The molecule has 0 aliphatic carbocycles. The van der Waals surface area contributed by atoms with Crippen LogP contribution in [0.2, 0.25) is 0 Å². The Labute approximate surface area is 196 Å². The molecule has 1 aliphatic rings. The first kappa shape index (κ1) is 24.9. The average Bonchev–Trinajstić information content (AvgIpc) is 2.81. The summed E-state index contributed by atoms with van der Waals surface area (Å²) in [5, 5.41) is 2.84. The van der Waals surface area contributed by atoms with Gasteiger partial charge in [0.1, 0.15) is 18.0 Å². The summed E-state index contributed by atoms with van der Waals surface area (Å²) in [6.45, 7) is 3.10. The third-order valence-electron chi connectivity index (χ3n) is 5.68. The lowest BCUT2D eigenvalue weighted by Gasteiger charge is -2.26. The van der Waals surface area contributed by atoms with E-state index in [0.29, 0.717) is 18.0 Å². The minimum absolute atomic E-state index is 0.248. The van der Waals surface area contributed by atoms with Crippen LogP contribution in [0.25, 0.3) is 0 Å². The number of carbonyl (C=O) groups is 1. The van der Waals surface area contributed by atoms with E-state index in [0.717, 1.165) is 35.8 Å². The van der Waals surface area contributed by atoms with Crippen molar-refractivity contribution in [3.8, 4) is 11.5 Å². The molecular weight excluding hydrogens is 442 g/mol. The summed E-state index contributed by atoms with van der Waals surface area (Å²) in [7, 11) is -0.810. The van der Waals surface area contributed by atoms with Crippen molar-refractivity contribution in [1.82, 2.24) is 10.2 Å². The molecule has 1 aliphatic heterocycles. The average molecular weight is 476 g/mol. The van der Waals surface area contributed by atoms with E-state index in [1.165, 1.54) is 45.1 Å². The number of benzene rings is 2. The summed E-state index contributed by atoms with van der Waals surface area (Å²) < 4.78 is 36.5. The molecule has 1 N–H and O–H groups in total. The Balaban J connectivity index is 1.67. The van der Waals surface area contributed by atoms with Crippen LogP contribution in [-0.4, -0.2) is 59.3 Å². The minimum Gasteiger partial charge on any atom is -0.497 e. The van der Waals surface area contributed by atoms with Crippen LogP contribution in [-0.2, 0) is 27.9 Å². The van der Waals surface area contributed by atoms with Crippen molar-refractivity contribution >= 4 is 21.6 Å². The second-order valence-electron chi connectivity index (χ2n) is 8.24. The van der Waals surface area contributed by atoms with Gasteiger partial charge in [0.25, 0.3) is 0 Å². The van der Waals surface area contributed by atoms with Crippen LogP contribution in [0.5, 0.6) is 11.5 Å². The molecule has 33 heavy (non-hydrogen) atoms. The smallest absolute Gasteiger partial charge is 0.241 e. The van der Waals surface area contributed by atoms with Crippen molar-refractivity contribution < 1.29 is 22.7 Å². The van der Waals surface area contributed by atoms with E-state index in [1.54, 1.807) is 12.1 Å². The fraction of sp³-hybridized carbons (Fsp3) is 0.458. The Morgan fingerprint density at radius 2 is 1.76 bits per heavy atom. The van der Waals surface area contributed by atoms with E-state index < -0.39 is 15.9 Å². The van der Waals surface area contributed by atoms with Gasteiger partial charge in [0, 0.05) is 19.2 Å². The van der Waals surface area contributed by atoms with Crippen LogP contribution < -0.4 is 19.1 Å². The molecule has 0 saturated carbocycles. The second-order valence-corrected chi connectivity index (χ2v) is 10.1. The number of amides is 1. The van der Waals surface area contributed by atoms with Crippen molar-refractivity contribution in [2.45, 2.75) is 32.4 Å². The Hall–Kier alpha value is -2.78. The first-order valence-corrected chi connectivity index (χ1v) is 12.9. The van der Waals surface area contributed by atoms with Crippen LogP contribution in [0.4, 0.5) is 5.69 Å². The van der Waals surface area contributed by atoms with Crippen molar-refractivity contribution in [3.05, 3.63) is 53.6 Å². The third kappa shape index (κ3) is 7.10. The highest BCUT2D eigenvalue weighted by Gasteiger charge is 2.24. The van der Waals surface area contributed by atoms with Gasteiger partial charge in [-0.3, -0.25) is 14.0 Å². The van der Waals surface area contributed by atoms with Crippen molar-refractivity contribution in [3.63, 3.8) is 0 Å². The molecule has 1 fully saturated rings. The topological polar surface area (TPSA) is 88.2 Å². The number of nitrogens with one attached hydrogen (secondary N) is 1. The van der Waals surface area contributed by atoms with Crippen LogP contribution in [0, 0.1) is 0 Å². The monoisotopic (exact) mass is 475 g/mol. The van der Waals surface area contributed by atoms with Crippen LogP contribution in [0.1, 0.15) is 30.4 Å². The second kappa shape index (κ2) is 11.4. The lowest BCUT2D eigenvalue weighted by atomic mass is 10.1. The van der Waals surface area contributed by atoms with E-state index in [2.05, 4.69) is 22.3 Å². The third-order valence-corrected chi connectivity index (χ3v) is 6.80. The zero-order valence-corrected chi connectivity index (χ0v) is 20.4. The van der Waals surface area contributed by atoms with Gasteiger partial charge in [-0.2, -0.15) is 0 Å². The van der Waals surface area contributed by atoms with Gasteiger partial charge in [0.2, 0.25) is 15.9 Å². The molecule has 1 heterocycles. The Bertz CT molecular complexity index is 1050. The number of hydrogen-bond donors (Lipinski definition) is 1. The fourth-order valence-corrected chi connectivity index (χ4v) is 4.83. The van der Waals surface area contributed by atoms with Gasteiger partial charge in [0.05, 0.1) is 26.2 Å². The van der Waals surface area contributed by atoms with Crippen molar-refractivity contribution in [1.29, 1.82) is 0 Å². The molecule has 1 saturated heterocycles. The molecule has 9 heteroatoms. The SMILES string of the molecule is COc1ccc(OC)c(N(CC(=O)NCc2cccc(CN3CCCCC3)c2)S(C)(=O)=O)c1.